The molecule has 0 spiro atoms. The maximum absolute atomic E-state index is 13.7. The van der Waals surface area contributed by atoms with Crippen LogP contribution in [0.1, 0.15) is 30.9 Å². The molecule has 0 aliphatic carbocycles. The maximum Gasteiger partial charge on any atom is 0.0379 e. The van der Waals surface area contributed by atoms with Crippen molar-refractivity contribution in [3.63, 3.8) is 0 Å². The van der Waals surface area contributed by atoms with Gasteiger partial charge in [-0.15, -0.1) is 65.7 Å². The van der Waals surface area contributed by atoms with E-state index >= 15 is 0 Å². The molecule has 0 aliphatic rings. The average Bonchev–Trinajstić information content (AvgIpc) is 3.29. The van der Waals surface area contributed by atoms with E-state index in [1.54, 1.807) is 6.07 Å². The van der Waals surface area contributed by atoms with Crippen molar-refractivity contribution in [1.82, 2.24) is 9.97 Å². The molecule has 1 radical (unpaired) electrons. The Bertz CT molecular complexity index is 2900. The van der Waals surface area contributed by atoms with Crippen LogP contribution in [0.15, 0.2) is 188 Å². The fourth-order valence-electron chi connectivity index (χ4n) is 8.00. The second-order valence-electron chi connectivity index (χ2n) is 15.2. The molecule has 60 heavy (non-hydrogen) atoms. The quantitative estimate of drug-likeness (QED) is 0.135. The van der Waals surface area contributed by atoms with Crippen molar-refractivity contribution >= 4 is 0 Å². The third-order valence-electron chi connectivity index (χ3n) is 10.9. The Morgan fingerprint density at radius 3 is 1.62 bits per heavy atom. The molecule has 0 N–H and O–H groups in total. The Hall–Kier alpha value is -6.58. The molecule has 9 rings (SSSR count). The summed E-state index contributed by atoms with van der Waals surface area (Å²) in [5.41, 5.74) is 19.2. The van der Waals surface area contributed by atoms with Gasteiger partial charge in [0.2, 0.25) is 0 Å². The van der Waals surface area contributed by atoms with Crippen LogP contribution in [-0.2, 0) is 20.1 Å². The van der Waals surface area contributed by atoms with Gasteiger partial charge in [0.1, 0.15) is 0 Å². The zero-order valence-corrected chi connectivity index (χ0v) is 36.0. The topological polar surface area (TPSA) is 25.8 Å². The first-order valence-electron chi connectivity index (χ1n) is 20.0. The van der Waals surface area contributed by atoms with E-state index in [0.717, 1.165) is 83.7 Å². The number of aryl methyl sites for hydroxylation is 1. The predicted molar refractivity (Wildman–Crippen MR) is 242 cm³/mol. The van der Waals surface area contributed by atoms with E-state index in [4.69, 9.17) is 9.97 Å². The summed E-state index contributed by atoms with van der Waals surface area (Å²) < 4.78 is 13.7. The fraction of sp³-hybridized carbons (Fsp3) is 0.0714. The Labute approximate surface area is 365 Å². The van der Waals surface area contributed by atoms with E-state index in [9.17, 15) is 4.39 Å². The number of hydrogen-bond donors (Lipinski definition) is 0. The molecule has 0 saturated heterocycles. The van der Waals surface area contributed by atoms with Crippen molar-refractivity contribution < 1.29 is 24.5 Å². The van der Waals surface area contributed by atoms with E-state index in [-0.39, 0.29) is 31.8 Å². The molecule has 2 nitrogen and oxygen atoms in total. The zero-order chi connectivity index (χ0) is 40.3. The van der Waals surface area contributed by atoms with Crippen LogP contribution >= 0.6 is 0 Å². The predicted octanol–water partition coefficient (Wildman–Crippen LogP) is 15.0. The Morgan fingerprint density at radius 2 is 1.00 bits per heavy atom. The van der Waals surface area contributed by atoms with Crippen molar-refractivity contribution in [1.29, 1.82) is 0 Å². The Kier molecular flexibility index (Phi) is 11.9. The first-order valence-corrected chi connectivity index (χ1v) is 20.0. The smallest absolute Gasteiger partial charge is 0.0379 e. The van der Waals surface area contributed by atoms with Crippen molar-refractivity contribution in [3.05, 3.63) is 217 Å². The number of rotatable bonds is 9. The van der Waals surface area contributed by atoms with Gasteiger partial charge >= 0.3 is 0 Å². The summed E-state index contributed by atoms with van der Waals surface area (Å²) in [6.45, 7) is 6.57. The minimum atomic E-state index is -0.311. The van der Waals surface area contributed by atoms with Gasteiger partial charge in [0, 0.05) is 49.4 Å². The fourth-order valence-corrected chi connectivity index (χ4v) is 8.00. The van der Waals surface area contributed by atoms with Crippen LogP contribution in [0.4, 0.5) is 4.39 Å². The first-order chi connectivity index (χ1) is 28.9. The molecular formula is C56H41FIrN2-2. The summed E-state index contributed by atoms with van der Waals surface area (Å²) in [6, 6.07) is 66.7. The molecule has 0 bridgehead atoms. The molecule has 0 amide bonds. The molecule has 2 heterocycles. The first kappa shape index (κ1) is 40.2. The van der Waals surface area contributed by atoms with Crippen molar-refractivity contribution in [2.45, 2.75) is 26.7 Å². The summed E-state index contributed by atoms with van der Waals surface area (Å²) in [4.78, 5) is 9.91. The number of benzene rings is 7. The molecule has 0 fully saturated rings. The van der Waals surface area contributed by atoms with Crippen LogP contribution in [0.25, 0.3) is 89.3 Å². The van der Waals surface area contributed by atoms with Gasteiger partial charge in [0.05, 0.1) is 0 Å². The summed E-state index contributed by atoms with van der Waals surface area (Å²) >= 11 is 0. The van der Waals surface area contributed by atoms with Gasteiger partial charge < -0.3 is 9.97 Å². The van der Waals surface area contributed by atoms with Crippen LogP contribution in [-0.4, -0.2) is 9.97 Å². The maximum atomic E-state index is 13.7. The molecule has 9 aromatic rings. The van der Waals surface area contributed by atoms with Crippen LogP contribution in [0.3, 0.4) is 0 Å². The second kappa shape index (κ2) is 17.7. The summed E-state index contributed by atoms with van der Waals surface area (Å²) in [6.07, 6.45) is 3.99. The molecular weight excluding hydrogens is 912 g/mol. The summed E-state index contributed by atoms with van der Waals surface area (Å²) in [5, 5.41) is 0. The minimum Gasteiger partial charge on any atom is -0.304 e. The molecule has 7 aromatic carbocycles. The third kappa shape index (κ3) is 8.31. The molecule has 0 unspecified atom stereocenters. The number of hydrogen-bond acceptors (Lipinski definition) is 2. The van der Waals surface area contributed by atoms with Crippen molar-refractivity contribution in [2.24, 2.45) is 0 Å². The van der Waals surface area contributed by atoms with Crippen molar-refractivity contribution in [2.75, 3.05) is 0 Å². The number of nitrogens with zero attached hydrogens (tertiary/aromatic N) is 2. The molecule has 0 saturated carbocycles. The second-order valence-corrected chi connectivity index (χ2v) is 15.2. The number of aromatic nitrogens is 2. The van der Waals surface area contributed by atoms with Crippen LogP contribution in [0, 0.1) is 24.9 Å². The van der Waals surface area contributed by atoms with Gasteiger partial charge in [-0.3, -0.25) is 4.39 Å². The molecule has 293 valence electrons. The van der Waals surface area contributed by atoms with E-state index in [2.05, 4.69) is 166 Å². The van der Waals surface area contributed by atoms with Crippen LogP contribution < -0.4 is 0 Å². The zero-order valence-electron chi connectivity index (χ0n) is 33.6. The Morgan fingerprint density at radius 1 is 0.450 bits per heavy atom. The SMILES string of the molecule is Cc1cc(-c2ccccc2-c2cnc(-c3[c-]cccc3)cc2-c2ccc(-c3ccccc3)cc2)cc(-c2ccccc2-c2cnc(-c3[c-]cc(F)cc3)cc2C(C)C)c1.[Ir]. The van der Waals surface area contributed by atoms with Crippen LogP contribution in [0.2, 0.25) is 0 Å². The van der Waals surface area contributed by atoms with Gasteiger partial charge in [-0.1, -0.05) is 141 Å². The van der Waals surface area contributed by atoms with Gasteiger partial charge in [0.15, 0.2) is 0 Å². The van der Waals surface area contributed by atoms with Crippen molar-refractivity contribution in [3.8, 4) is 89.3 Å². The van der Waals surface area contributed by atoms with E-state index in [1.165, 1.54) is 28.8 Å². The molecule has 0 atom stereocenters. The van der Waals surface area contributed by atoms with Crippen LogP contribution in [0.5, 0.6) is 0 Å². The van der Waals surface area contributed by atoms with E-state index in [0.29, 0.717) is 0 Å². The standard InChI is InChI=1S/C56H41FN2.Ir/c1-37(2)51-33-55(43-26-28-46(57)29-27-43)58-35-53(51)49-20-12-10-18-47(49)44-30-38(3)31-45(32-44)48-19-11-13-21-50(48)54-36-59-56(42-16-8-5-9-17-42)34-52(54)41-24-22-40(23-25-41)39-14-6-4-7-15-39;/h4-16,18-26,28-37H,1-3H3;/q-2;. The Balaban J connectivity index is 0.00000499. The van der Waals surface area contributed by atoms with E-state index < -0.39 is 0 Å². The van der Waals surface area contributed by atoms with Gasteiger partial charge in [-0.25, -0.2) is 0 Å². The molecule has 2 aromatic heterocycles. The third-order valence-corrected chi connectivity index (χ3v) is 10.9. The monoisotopic (exact) mass is 953 g/mol. The minimum absolute atomic E-state index is 0. The summed E-state index contributed by atoms with van der Waals surface area (Å²) in [7, 11) is 0. The van der Waals surface area contributed by atoms with Gasteiger partial charge in [-0.2, -0.15) is 0 Å². The largest absolute Gasteiger partial charge is 0.304 e. The normalized spacial score (nSPS) is 11.0. The van der Waals surface area contributed by atoms with Gasteiger partial charge in [-0.05, 0) is 97.1 Å². The van der Waals surface area contributed by atoms with Gasteiger partial charge in [0.25, 0.3) is 0 Å². The average molecular weight is 953 g/mol. The summed E-state index contributed by atoms with van der Waals surface area (Å²) in [5.74, 6) is -0.0853. The molecule has 0 aliphatic heterocycles. The number of pyridine rings is 2. The van der Waals surface area contributed by atoms with E-state index in [1.807, 2.05) is 36.7 Å². The molecule has 4 heteroatoms. The number of halogens is 1.